The first kappa shape index (κ1) is 28.4. The summed E-state index contributed by atoms with van der Waals surface area (Å²) in [4.78, 5) is 25.9. The first-order chi connectivity index (χ1) is 17.4. The van der Waals surface area contributed by atoms with E-state index < -0.39 is 18.0 Å². The molecule has 2 N–H and O–H groups in total. The van der Waals surface area contributed by atoms with Crippen molar-refractivity contribution < 1.29 is 41.8 Å². The van der Waals surface area contributed by atoms with E-state index in [4.69, 9.17) is 9.90 Å². The number of hydrogen-bond donors (Lipinski definition) is 2. The van der Waals surface area contributed by atoms with E-state index in [-0.39, 0.29) is 29.4 Å². The van der Waals surface area contributed by atoms with Crippen LogP contribution in [-0.2, 0) is 22.6 Å². The summed E-state index contributed by atoms with van der Waals surface area (Å²) in [6.45, 7) is 2.65. The Morgan fingerprint density at radius 3 is 2.27 bits per heavy atom. The fourth-order valence-corrected chi connectivity index (χ4v) is 5.06. The molecule has 37 heavy (non-hydrogen) atoms. The van der Waals surface area contributed by atoms with Crippen LogP contribution in [0.1, 0.15) is 43.2 Å². The van der Waals surface area contributed by atoms with Crippen LogP contribution in [0.15, 0.2) is 42.5 Å². The molecular weight excluding hydrogens is 499 g/mol. The number of phenols is 1. The lowest BCUT2D eigenvalue weighted by Crippen LogP contribution is -2.44. The zero-order chi connectivity index (χ0) is 27.2. The Bertz CT molecular complexity index is 1110. The summed E-state index contributed by atoms with van der Waals surface area (Å²) in [6.07, 6.45) is -0.0459. The molecule has 0 saturated carbocycles. The van der Waals surface area contributed by atoms with Crippen molar-refractivity contribution in [1.82, 2.24) is 9.80 Å². The van der Waals surface area contributed by atoms with Gasteiger partial charge in [0, 0.05) is 30.7 Å². The largest absolute Gasteiger partial charge is 0.508 e. The molecule has 2 aromatic rings. The molecule has 1 unspecified atom stereocenters. The lowest BCUT2D eigenvalue weighted by atomic mass is 9.87. The van der Waals surface area contributed by atoms with Gasteiger partial charge in [-0.15, -0.1) is 0 Å². The van der Waals surface area contributed by atoms with Gasteiger partial charge in [-0.3, -0.25) is 9.69 Å². The predicted molar refractivity (Wildman–Crippen MR) is 125 cm³/mol. The minimum atomic E-state index is -5.08. The molecule has 0 aliphatic carbocycles. The van der Waals surface area contributed by atoms with Crippen LogP contribution in [-0.4, -0.2) is 63.2 Å². The Labute approximate surface area is 211 Å². The molecule has 2 aliphatic heterocycles. The van der Waals surface area contributed by atoms with Gasteiger partial charge in [-0.2, -0.15) is 13.2 Å². The van der Waals surface area contributed by atoms with Crippen molar-refractivity contribution in [3.05, 3.63) is 65.2 Å². The molecule has 202 valence electrons. The molecule has 1 spiro atoms. The number of rotatable bonds is 4. The van der Waals surface area contributed by atoms with Crippen molar-refractivity contribution >= 4 is 11.9 Å². The van der Waals surface area contributed by atoms with Gasteiger partial charge in [-0.25, -0.2) is 13.6 Å². The van der Waals surface area contributed by atoms with Crippen molar-refractivity contribution in [3.8, 4) is 5.75 Å². The second kappa shape index (κ2) is 11.9. The molecule has 11 heteroatoms. The van der Waals surface area contributed by atoms with Gasteiger partial charge in [0.1, 0.15) is 17.4 Å². The fraction of sp³-hybridized carbons (Fsp3) is 0.462. The topological polar surface area (TPSA) is 81.1 Å². The van der Waals surface area contributed by atoms with E-state index in [0.29, 0.717) is 25.2 Å². The highest BCUT2D eigenvalue weighted by Gasteiger charge is 2.42. The first-order valence-corrected chi connectivity index (χ1v) is 11.9. The highest BCUT2D eigenvalue weighted by Crippen LogP contribution is 2.39. The number of carbonyl (C=O) groups is 2. The van der Waals surface area contributed by atoms with E-state index in [1.54, 1.807) is 18.2 Å². The van der Waals surface area contributed by atoms with Gasteiger partial charge in [0.25, 0.3) is 0 Å². The minimum Gasteiger partial charge on any atom is -0.508 e. The summed E-state index contributed by atoms with van der Waals surface area (Å²) in [5.74, 6) is -3.30. The summed E-state index contributed by atoms with van der Waals surface area (Å²) in [5.41, 5.74) is 1.15. The number of likely N-dealkylation sites (tertiary alicyclic amines) is 2. The Morgan fingerprint density at radius 1 is 0.946 bits per heavy atom. The second-order valence-electron chi connectivity index (χ2n) is 9.37. The number of aliphatic carboxylic acids is 1. The maximum absolute atomic E-state index is 14.2. The second-order valence-corrected chi connectivity index (χ2v) is 9.37. The van der Waals surface area contributed by atoms with Crippen molar-refractivity contribution in [2.24, 2.45) is 0 Å². The maximum atomic E-state index is 14.2. The molecule has 2 heterocycles. The third-order valence-corrected chi connectivity index (χ3v) is 6.89. The highest BCUT2D eigenvalue weighted by molar-refractivity contribution is 5.79. The number of halogens is 5. The monoisotopic (exact) mass is 528 g/mol. The van der Waals surface area contributed by atoms with Crippen molar-refractivity contribution in [2.75, 3.05) is 19.6 Å². The van der Waals surface area contributed by atoms with Crippen LogP contribution in [0.3, 0.4) is 0 Å². The maximum Gasteiger partial charge on any atom is 0.490 e. The number of amides is 1. The number of hydrogen-bond acceptors (Lipinski definition) is 4. The molecule has 4 rings (SSSR count). The van der Waals surface area contributed by atoms with Gasteiger partial charge in [0.05, 0.1) is 6.42 Å². The van der Waals surface area contributed by atoms with E-state index in [0.717, 1.165) is 50.3 Å². The summed E-state index contributed by atoms with van der Waals surface area (Å²) < 4.78 is 59.6. The normalized spacial score (nSPS) is 20.3. The van der Waals surface area contributed by atoms with E-state index in [2.05, 4.69) is 4.90 Å². The summed E-state index contributed by atoms with van der Waals surface area (Å²) in [7, 11) is 0. The van der Waals surface area contributed by atoms with Gasteiger partial charge in [-0.05, 0) is 74.5 Å². The zero-order valence-electron chi connectivity index (χ0n) is 20.1. The summed E-state index contributed by atoms with van der Waals surface area (Å²) in [5, 5.41) is 16.8. The van der Waals surface area contributed by atoms with E-state index >= 15 is 0 Å². The average molecular weight is 529 g/mol. The van der Waals surface area contributed by atoms with Crippen LogP contribution in [0.2, 0.25) is 0 Å². The molecule has 1 atom stereocenters. The highest BCUT2D eigenvalue weighted by atomic mass is 19.4. The summed E-state index contributed by atoms with van der Waals surface area (Å²) in [6, 6.07) is 10.5. The molecule has 0 bridgehead atoms. The van der Waals surface area contributed by atoms with Gasteiger partial charge in [0.15, 0.2) is 0 Å². The lowest BCUT2D eigenvalue weighted by Gasteiger charge is -2.38. The van der Waals surface area contributed by atoms with Crippen LogP contribution in [0, 0.1) is 11.6 Å². The molecule has 2 aliphatic rings. The third-order valence-electron chi connectivity index (χ3n) is 6.89. The van der Waals surface area contributed by atoms with E-state index in [1.165, 1.54) is 12.1 Å². The molecule has 2 saturated heterocycles. The van der Waals surface area contributed by atoms with Crippen LogP contribution < -0.4 is 0 Å². The molecule has 6 nitrogen and oxygen atoms in total. The molecule has 0 aromatic heterocycles. The standard InChI is InChI=1S/C24H28F2N2O2.C2HF3O2/c25-20-6-7-22(26)19(16-20)17-28-12-3-9-24(28)8-2-11-27(13-10-24)23(30)15-18-4-1-5-21(29)14-18;3-2(4,5)1(6)7/h1,4-7,14,16,29H,2-3,8-13,15,17H2;(H,6,7). The van der Waals surface area contributed by atoms with Gasteiger partial charge < -0.3 is 15.1 Å². The Balaban J connectivity index is 0.000000479. The van der Waals surface area contributed by atoms with Gasteiger partial charge >= 0.3 is 12.1 Å². The van der Waals surface area contributed by atoms with E-state index in [1.807, 2.05) is 11.0 Å². The van der Waals surface area contributed by atoms with Crippen LogP contribution in [0.25, 0.3) is 0 Å². The fourth-order valence-electron chi connectivity index (χ4n) is 5.06. The van der Waals surface area contributed by atoms with E-state index in [9.17, 15) is 31.9 Å². The smallest absolute Gasteiger partial charge is 0.490 e. The molecule has 2 fully saturated rings. The Morgan fingerprint density at radius 2 is 1.62 bits per heavy atom. The molecule has 2 aromatic carbocycles. The van der Waals surface area contributed by atoms with Crippen LogP contribution in [0.4, 0.5) is 22.0 Å². The number of nitrogens with zero attached hydrogens (tertiary/aromatic N) is 2. The number of carboxylic acids is 1. The molecule has 1 amide bonds. The number of benzene rings is 2. The molecule has 0 radical (unpaired) electrons. The summed E-state index contributed by atoms with van der Waals surface area (Å²) >= 11 is 0. The minimum absolute atomic E-state index is 0.0567. The van der Waals surface area contributed by atoms with Crippen LogP contribution >= 0.6 is 0 Å². The Kier molecular flexibility index (Phi) is 9.12. The van der Waals surface area contributed by atoms with Gasteiger partial charge in [-0.1, -0.05) is 12.1 Å². The number of aromatic hydroxyl groups is 1. The Hall–Kier alpha value is -3.21. The van der Waals surface area contributed by atoms with Crippen LogP contribution in [0.5, 0.6) is 5.75 Å². The molecular formula is C26H29F5N2O4. The zero-order valence-corrected chi connectivity index (χ0v) is 20.1. The average Bonchev–Trinajstić information content (AvgIpc) is 3.06. The quantitative estimate of drug-likeness (QED) is 0.553. The number of alkyl halides is 3. The number of carbonyl (C=O) groups excluding carboxylic acids is 1. The third kappa shape index (κ3) is 7.64. The van der Waals surface area contributed by atoms with Gasteiger partial charge in [0.2, 0.25) is 5.91 Å². The lowest BCUT2D eigenvalue weighted by molar-refractivity contribution is -0.192. The number of carboxylic acid groups (broad SMARTS) is 1. The van der Waals surface area contributed by atoms with Crippen molar-refractivity contribution in [1.29, 1.82) is 0 Å². The number of phenolic OH excluding ortho intramolecular Hbond substituents is 1. The SMILES string of the molecule is O=C(Cc1cccc(O)c1)N1CCCC2(CCCN2Cc2cc(F)ccc2F)CC1.O=C(O)C(F)(F)F. The van der Waals surface area contributed by atoms with Crippen molar-refractivity contribution in [2.45, 2.75) is 56.8 Å². The predicted octanol–water partition coefficient (Wildman–Crippen LogP) is 4.89. The van der Waals surface area contributed by atoms with Crippen molar-refractivity contribution in [3.63, 3.8) is 0 Å². The first-order valence-electron chi connectivity index (χ1n) is 11.9.